The molecule has 8 heteroatoms. The molecule has 3 atom stereocenters. The first-order chi connectivity index (χ1) is 14.4. The SMILES string of the molecule is Cc1cccc(S(=O)(=O)Nc2ccc(C(=O)NC3CCC4OCCOC4C3)cc2)c1. The van der Waals surface area contributed by atoms with Gasteiger partial charge in [-0.3, -0.25) is 9.52 Å². The molecule has 2 aliphatic rings. The normalized spacial score (nSPS) is 24.0. The molecule has 1 heterocycles. The van der Waals surface area contributed by atoms with E-state index in [0.29, 0.717) is 24.5 Å². The van der Waals surface area contributed by atoms with Crippen molar-refractivity contribution in [1.82, 2.24) is 5.32 Å². The monoisotopic (exact) mass is 430 g/mol. The maximum atomic E-state index is 12.6. The fraction of sp³-hybridized carbons (Fsp3) is 0.409. The number of carbonyl (C=O) groups excluding carboxylic acids is 1. The van der Waals surface area contributed by atoms with E-state index in [1.807, 2.05) is 13.0 Å². The van der Waals surface area contributed by atoms with Gasteiger partial charge in [-0.2, -0.15) is 0 Å². The summed E-state index contributed by atoms with van der Waals surface area (Å²) in [6.07, 6.45) is 2.63. The molecule has 7 nitrogen and oxygen atoms in total. The average Bonchev–Trinajstić information content (AvgIpc) is 2.74. The first kappa shape index (κ1) is 20.8. The van der Waals surface area contributed by atoms with E-state index >= 15 is 0 Å². The third kappa shape index (κ3) is 4.83. The van der Waals surface area contributed by atoms with Crippen molar-refractivity contribution >= 4 is 21.6 Å². The van der Waals surface area contributed by atoms with E-state index in [1.54, 1.807) is 42.5 Å². The maximum absolute atomic E-state index is 12.6. The molecule has 1 saturated heterocycles. The fourth-order valence-corrected chi connectivity index (χ4v) is 5.12. The quantitative estimate of drug-likeness (QED) is 0.761. The van der Waals surface area contributed by atoms with E-state index in [9.17, 15) is 13.2 Å². The predicted molar refractivity (Wildman–Crippen MR) is 113 cm³/mol. The Bertz CT molecular complexity index is 1010. The molecule has 0 radical (unpaired) electrons. The second kappa shape index (κ2) is 8.75. The van der Waals surface area contributed by atoms with Crippen LogP contribution in [0.25, 0.3) is 0 Å². The van der Waals surface area contributed by atoms with Crippen molar-refractivity contribution < 1.29 is 22.7 Å². The Kier molecular flexibility index (Phi) is 6.08. The summed E-state index contributed by atoms with van der Waals surface area (Å²) in [4.78, 5) is 12.8. The van der Waals surface area contributed by atoms with Crippen molar-refractivity contribution in [3.63, 3.8) is 0 Å². The number of rotatable bonds is 5. The van der Waals surface area contributed by atoms with Crippen LogP contribution in [0, 0.1) is 6.92 Å². The lowest BCUT2D eigenvalue weighted by Gasteiger charge is -2.39. The summed E-state index contributed by atoms with van der Waals surface area (Å²) in [7, 11) is -3.68. The standard InChI is InChI=1S/C22H26N2O5S/c1-15-3-2-4-19(13-15)30(26,27)24-17-7-5-16(6-8-17)22(25)23-18-9-10-20-21(14-18)29-12-11-28-20/h2-8,13,18,20-21,24H,9-12,14H2,1H3,(H,23,25). The van der Waals surface area contributed by atoms with Gasteiger partial charge in [-0.25, -0.2) is 8.42 Å². The number of anilines is 1. The van der Waals surface area contributed by atoms with E-state index < -0.39 is 10.0 Å². The first-order valence-electron chi connectivity index (χ1n) is 10.1. The van der Waals surface area contributed by atoms with Crippen LogP contribution in [-0.2, 0) is 19.5 Å². The van der Waals surface area contributed by atoms with Crippen LogP contribution in [0.2, 0.25) is 0 Å². The Morgan fingerprint density at radius 2 is 1.73 bits per heavy atom. The lowest BCUT2D eigenvalue weighted by molar-refractivity contribution is -0.157. The van der Waals surface area contributed by atoms with E-state index in [1.165, 1.54) is 0 Å². The Morgan fingerprint density at radius 1 is 1.00 bits per heavy atom. The minimum absolute atomic E-state index is 0.0382. The second-order valence-corrected chi connectivity index (χ2v) is 9.48. The van der Waals surface area contributed by atoms with Crippen LogP contribution in [-0.4, -0.2) is 45.8 Å². The van der Waals surface area contributed by atoms with Crippen LogP contribution in [0.5, 0.6) is 0 Å². The van der Waals surface area contributed by atoms with Crippen LogP contribution in [0.3, 0.4) is 0 Å². The molecule has 3 unspecified atom stereocenters. The highest BCUT2D eigenvalue weighted by atomic mass is 32.2. The van der Waals surface area contributed by atoms with Crippen molar-refractivity contribution in [2.45, 2.75) is 49.3 Å². The Hall–Kier alpha value is -2.42. The highest BCUT2D eigenvalue weighted by molar-refractivity contribution is 7.92. The molecular weight excluding hydrogens is 404 g/mol. The minimum atomic E-state index is -3.68. The van der Waals surface area contributed by atoms with Crippen molar-refractivity contribution in [2.75, 3.05) is 17.9 Å². The number of aryl methyl sites for hydroxylation is 1. The summed E-state index contributed by atoms with van der Waals surface area (Å²) < 4.78 is 39.1. The summed E-state index contributed by atoms with van der Waals surface area (Å²) in [6.45, 7) is 3.08. The number of carbonyl (C=O) groups is 1. The van der Waals surface area contributed by atoms with Gasteiger partial charge in [-0.1, -0.05) is 12.1 Å². The minimum Gasteiger partial charge on any atom is -0.373 e. The van der Waals surface area contributed by atoms with Crippen LogP contribution in [0.4, 0.5) is 5.69 Å². The van der Waals surface area contributed by atoms with Gasteiger partial charge in [0, 0.05) is 17.3 Å². The molecule has 2 aromatic carbocycles. The van der Waals surface area contributed by atoms with Crippen LogP contribution in [0.1, 0.15) is 35.2 Å². The van der Waals surface area contributed by atoms with Crippen molar-refractivity contribution in [3.8, 4) is 0 Å². The Morgan fingerprint density at radius 3 is 2.47 bits per heavy atom. The van der Waals surface area contributed by atoms with Crippen molar-refractivity contribution in [2.24, 2.45) is 0 Å². The lowest BCUT2D eigenvalue weighted by Crippen LogP contribution is -2.49. The number of fused-ring (bicyclic) bond motifs is 1. The maximum Gasteiger partial charge on any atom is 0.261 e. The van der Waals surface area contributed by atoms with Gasteiger partial charge in [-0.05, 0) is 68.1 Å². The van der Waals surface area contributed by atoms with E-state index in [2.05, 4.69) is 10.0 Å². The molecule has 0 bridgehead atoms. The molecule has 2 aromatic rings. The zero-order valence-corrected chi connectivity index (χ0v) is 17.7. The van der Waals surface area contributed by atoms with Crippen LogP contribution >= 0.6 is 0 Å². The Balaban J connectivity index is 1.36. The molecule has 2 fully saturated rings. The summed E-state index contributed by atoms with van der Waals surface area (Å²) in [5, 5.41) is 3.05. The van der Waals surface area contributed by atoms with Gasteiger partial charge in [0.2, 0.25) is 0 Å². The largest absolute Gasteiger partial charge is 0.373 e. The molecule has 30 heavy (non-hydrogen) atoms. The summed E-state index contributed by atoms with van der Waals surface area (Å²) in [6, 6.07) is 13.2. The smallest absolute Gasteiger partial charge is 0.261 e. The number of benzene rings is 2. The number of hydrogen-bond donors (Lipinski definition) is 2. The molecule has 0 spiro atoms. The summed E-state index contributed by atoms with van der Waals surface area (Å²) in [5.41, 5.74) is 1.75. The number of sulfonamides is 1. The molecule has 1 amide bonds. The highest BCUT2D eigenvalue weighted by Gasteiger charge is 2.34. The topological polar surface area (TPSA) is 93.7 Å². The molecule has 160 valence electrons. The number of amides is 1. The molecule has 1 aliphatic heterocycles. The summed E-state index contributed by atoms with van der Waals surface area (Å²) >= 11 is 0. The van der Waals surface area contributed by atoms with Crippen molar-refractivity contribution in [3.05, 3.63) is 59.7 Å². The first-order valence-corrected chi connectivity index (χ1v) is 11.6. The lowest BCUT2D eigenvalue weighted by atomic mass is 9.89. The zero-order chi connectivity index (χ0) is 21.1. The number of ether oxygens (including phenoxy) is 2. The van der Waals surface area contributed by atoms with E-state index in [0.717, 1.165) is 24.8 Å². The average molecular weight is 431 g/mol. The predicted octanol–water partition coefficient (Wildman–Crippen LogP) is 2.86. The molecule has 4 rings (SSSR count). The fourth-order valence-electron chi connectivity index (χ4n) is 3.95. The molecule has 0 aromatic heterocycles. The molecule has 1 saturated carbocycles. The molecule has 1 aliphatic carbocycles. The van der Waals surface area contributed by atoms with Gasteiger partial charge < -0.3 is 14.8 Å². The molecule has 2 N–H and O–H groups in total. The molecular formula is C22H26N2O5S. The van der Waals surface area contributed by atoms with Gasteiger partial charge in [0.05, 0.1) is 30.3 Å². The van der Waals surface area contributed by atoms with Gasteiger partial charge >= 0.3 is 0 Å². The van der Waals surface area contributed by atoms with Gasteiger partial charge in [0.15, 0.2) is 0 Å². The third-order valence-corrected chi connectivity index (χ3v) is 6.89. The zero-order valence-electron chi connectivity index (χ0n) is 16.8. The van der Waals surface area contributed by atoms with Crippen molar-refractivity contribution in [1.29, 1.82) is 0 Å². The van der Waals surface area contributed by atoms with Gasteiger partial charge in [0.1, 0.15) is 0 Å². The van der Waals surface area contributed by atoms with Gasteiger partial charge in [0.25, 0.3) is 15.9 Å². The van der Waals surface area contributed by atoms with E-state index in [-0.39, 0.29) is 29.1 Å². The second-order valence-electron chi connectivity index (χ2n) is 7.80. The van der Waals surface area contributed by atoms with Crippen LogP contribution in [0.15, 0.2) is 53.4 Å². The van der Waals surface area contributed by atoms with Gasteiger partial charge in [-0.15, -0.1) is 0 Å². The number of nitrogens with one attached hydrogen (secondary N) is 2. The van der Waals surface area contributed by atoms with Crippen LogP contribution < -0.4 is 10.0 Å². The Labute approximate surface area is 176 Å². The highest BCUT2D eigenvalue weighted by Crippen LogP contribution is 2.27. The number of hydrogen-bond acceptors (Lipinski definition) is 5. The summed E-state index contributed by atoms with van der Waals surface area (Å²) in [5.74, 6) is -0.178. The third-order valence-electron chi connectivity index (χ3n) is 5.51. The van der Waals surface area contributed by atoms with E-state index in [4.69, 9.17) is 9.47 Å².